The van der Waals surface area contributed by atoms with E-state index in [-0.39, 0.29) is 11.3 Å². The predicted octanol–water partition coefficient (Wildman–Crippen LogP) is 5.22. The van der Waals surface area contributed by atoms with Crippen molar-refractivity contribution in [2.75, 3.05) is 6.54 Å². The Labute approximate surface area is 172 Å². The van der Waals surface area contributed by atoms with Gasteiger partial charge in [-0.1, -0.05) is 56.2 Å². The number of Topliss-reactive ketones (excluding diaryl/α,β-unsaturated/α-hetero) is 1. The summed E-state index contributed by atoms with van der Waals surface area (Å²) in [5, 5.41) is 11.1. The van der Waals surface area contributed by atoms with Gasteiger partial charge in [-0.3, -0.25) is 9.59 Å². The van der Waals surface area contributed by atoms with Crippen LogP contribution in [0.4, 0.5) is 0 Å². The molecule has 1 aliphatic rings. The largest absolute Gasteiger partial charge is 0.507 e. The molecule has 152 valence electrons. The van der Waals surface area contributed by atoms with Gasteiger partial charge in [0.25, 0.3) is 11.7 Å². The van der Waals surface area contributed by atoms with Crippen LogP contribution in [0.1, 0.15) is 60.0 Å². The molecule has 0 bridgehead atoms. The molecule has 4 nitrogen and oxygen atoms in total. The number of aliphatic hydroxyl groups is 1. The number of ketones is 1. The minimum absolute atomic E-state index is 0.0994. The van der Waals surface area contributed by atoms with E-state index in [0.717, 1.165) is 41.5 Å². The summed E-state index contributed by atoms with van der Waals surface area (Å²) in [7, 11) is 0. The van der Waals surface area contributed by atoms with Crippen molar-refractivity contribution in [3.8, 4) is 0 Å². The Hall–Kier alpha value is -2.88. The minimum Gasteiger partial charge on any atom is -0.507 e. The minimum atomic E-state index is -0.606. The third-order valence-electron chi connectivity index (χ3n) is 5.81. The second-order valence-corrected chi connectivity index (χ2v) is 7.86. The van der Waals surface area contributed by atoms with E-state index >= 15 is 0 Å². The summed E-state index contributed by atoms with van der Waals surface area (Å²) in [6, 6.07) is 12.8. The van der Waals surface area contributed by atoms with E-state index in [0.29, 0.717) is 12.1 Å². The van der Waals surface area contributed by atoms with Crippen molar-refractivity contribution >= 4 is 17.4 Å². The van der Waals surface area contributed by atoms with Gasteiger partial charge >= 0.3 is 0 Å². The highest BCUT2D eigenvalue weighted by Gasteiger charge is 2.46. The highest BCUT2D eigenvalue weighted by molar-refractivity contribution is 6.46. The van der Waals surface area contributed by atoms with Crippen LogP contribution in [0.15, 0.2) is 48.0 Å². The molecule has 1 atom stereocenters. The molecule has 1 saturated heterocycles. The second-order valence-electron chi connectivity index (χ2n) is 7.86. The molecular formula is C25H29NO3. The number of nitrogens with zero attached hydrogens (tertiary/aromatic N) is 1. The lowest BCUT2D eigenvalue weighted by atomic mass is 9.92. The smallest absolute Gasteiger partial charge is 0.295 e. The van der Waals surface area contributed by atoms with Crippen molar-refractivity contribution in [3.05, 3.63) is 75.9 Å². The van der Waals surface area contributed by atoms with Gasteiger partial charge in [-0.05, 0) is 55.5 Å². The first kappa shape index (κ1) is 20.8. The number of benzene rings is 2. The quantitative estimate of drug-likeness (QED) is 0.318. The molecule has 0 aromatic heterocycles. The van der Waals surface area contributed by atoms with Crippen LogP contribution in [-0.2, 0) is 9.59 Å². The monoisotopic (exact) mass is 391 g/mol. The van der Waals surface area contributed by atoms with Crippen molar-refractivity contribution in [1.29, 1.82) is 0 Å². The number of hydrogen-bond acceptors (Lipinski definition) is 3. The van der Waals surface area contributed by atoms with Gasteiger partial charge in [0.1, 0.15) is 5.76 Å². The molecule has 1 heterocycles. The molecule has 2 aromatic carbocycles. The fourth-order valence-corrected chi connectivity index (χ4v) is 3.90. The zero-order valence-electron chi connectivity index (χ0n) is 17.7. The first-order valence-electron chi connectivity index (χ1n) is 10.3. The SMILES string of the molecule is CCCCCN1C(=O)C(=O)/C(=C(/O)c2ccc(C)c(C)c2)C1c1ccccc1C. The number of aryl methyl sites for hydroxylation is 3. The topological polar surface area (TPSA) is 57.6 Å². The van der Waals surface area contributed by atoms with Crippen molar-refractivity contribution in [2.45, 2.75) is 53.0 Å². The zero-order valence-corrected chi connectivity index (χ0v) is 17.7. The number of rotatable bonds is 6. The lowest BCUT2D eigenvalue weighted by Gasteiger charge is -2.26. The third kappa shape index (κ3) is 3.98. The van der Waals surface area contributed by atoms with Crippen LogP contribution >= 0.6 is 0 Å². The Kier molecular flexibility index (Phi) is 6.21. The van der Waals surface area contributed by atoms with Crippen LogP contribution in [0, 0.1) is 20.8 Å². The molecule has 0 saturated carbocycles. The molecule has 1 fully saturated rings. The Morgan fingerprint density at radius 3 is 2.34 bits per heavy atom. The molecule has 0 aliphatic carbocycles. The Morgan fingerprint density at radius 2 is 1.69 bits per heavy atom. The zero-order chi connectivity index (χ0) is 21.1. The van der Waals surface area contributed by atoms with Gasteiger partial charge < -0.3 is 10.0 Å². The number of hydrogen-bond donors (Lipinski definition) is 1. The van der Waals surface area contributed by atoms with E-state index in [1.807, 2.05) is 57.2 Å². The Balaban J connectivity index is 2.16. The summed E-state index contributed by atoms with van der Waals surface area (Å²) < 4.78 is 0. The van der Waals surface area contributed by atoms with Crippen molar-refractivity contribution in [2.24, 2.45) is 0 Å². The maximum atomic E-state index is 13.0. The molecule has 1 N–H and O–H groups in total. The molecule has 1 amide bonds. The number of amides is 1. The lowest BCUT2D eigenvalue weighted by molar-refractivity contribution is -0.139. The maximum absolute atomic E-state index is 13.0. The number of unbranched alkanes of at least 4 members (excludes halogenated alkanes) is 2. The van der Waals surface area contributed by atoms with Gasteiger partial charge in [-0.2, -0.15) is 0 Å². The number of carbonyl (C=O) groups excluding carboxylic acids is 2. The molecule has 29 heavy (non-hydrogen) atoms. The molecule has 2 aromatic rings. The van der Waals surface area contributed by atoms with E-state index < -0.39 is 17.7 Å². The van der Waals surface area contributed by atoms with Gasteiger partial charge in [0.2, 0.25) is 0 Å². The fourth-order valence-electron chi connectivity index (χ4n) is 3.90. The number of likely N-dealkylation sites (tertiary alicyclic amines) is 1. The van der Waals surface area contributed by atoms with E-state index in [1.54, 1.807) is 11.0 Å². The highest BCUT2D eigenvalue weighted by Crippen LogP contribution is 2.40. The highest BCUT2D eigenvalue weighted by atomic mass is 16.3. The van der Waals surface area contributed by atoms with Crippen LogP contribution in [-0.4, -0.2) is 28.2 Å². The van der Waals surface area contributed by atoms with Gasteiger partial charge in [0.05, 0.1) is 11.6 Å². The average molecular weight is 392 g/mol. The van der Waals surface area contributed by atoms with Gasteiger partial charge in [-0.25, -0.2) is 0 Å². The van der Waals surface area contributed by atoms with Crippen LogP contribution in [0.25, 0.3) is 5.76 Å². The Bertz CT molecular complexity index is 974. The number of aliphatic hydroxyl groups excluding tert-OH is 1. The molecular weight excluding hydrogens is 362 g/mol. The summed E-state index contributed by atoms with van der Waals surface area (Å²) >= 11 is 0. The standard InChI is InChI=1S/C25H29NO3/c1-5-6-9-14-26-22(20-11-8-7-10-17(20)3)21(24(28)25(26)29)23(27)19-13-12-16(2)18(4)15-19/h7-8,10-13,15,22,27H,5-6,9,14H2,1-4H3/b23-21+. The fraction of sp³-hybridized carbons (Fsp3) is 0.360. The van der Waals surface area contributed by atoms with Crippen LogP contribution < -0.4 is 0 Å². The molecule has 0 spiro atoms. The summed E-state index contributed by atoms with van der Waals surface area (Å²) in [6.45, 7) is 8.54. The first-order chi connectivity index (χ1) is 13.9. The summed E-state index contributed by atoms with van der Waals surface area (Å²) in [6.07, 6.45) is 2.85. The van der Waals surface area contributed by atoms with Gasteiger partial charge in [0.15, 0.2) is 0 Å². The van der Waals surface area contributed by atoms with Crippen molar-refractivity contribution < 1.29 is 14.7 Å². The molecule has 1 aliphatic heterocycles. The van der Waals surface area contributed by atoms with E-state index in [1.165, 1.54) is 0 Å². The van der Waals surface area contributed by atoms with Crippen LogP contribution in [0.5, 0.6) is 0 Å². The average Bonchev–Trinajstić information content (AvgIpc) is 2.95. The molecule has 0 radical (unpaired) electrons. The van der Waals surface area contributed by atoms with Crippen molar-refractivity contribution in [1.82, 2.24) is 4.90 Å². The van der Waals surface area contributed by atoms with E-state index in [9.17, 15) is 14.7 Å². The summed E-state index contributed by atoms with van der Waals surface area (Å²) in [4.78, 5) is 27.5. The first-order valence-corrected chi connectivity index (χ1v) is 10.3. The summed E-state index contributed by atoms with van der Waals surface area (Å²) in [5.41, 5.74) is 4.76. The van der Waals surface area contributed by atoms with E-state index in [4.69, 9.17) is 0 Å². The molecule has 4 heteroatoms. The van der Waals surface area contributed by atoms with Crippen LogP contribution in [0.2, 0.25) is 0 Å². The summed E-state index contributed by atoms with van der Waals surface area (Å²) in [5.74, 6) is -1.23. The van der Waals surface area contributed by atoms with Crippen LogP contribution in [0.3, 0.4) is 0 Å². The lowest BCUT2D eigenvalue weighted by Crippen LogP contribution is -2.31. The van der Waals surface area contributed by atoms with Gasteiger partial charge in [0, 0.05) is 12.1 Å². The predicted molar refractivity (Wildman–Crippen MR) is 116 cm³/mol. The van der Waals surface area contributed by atoms with Crippen molar-refractivity contribution in [3.63, 3.8) is 0 Å². The second kappa shape index (κ2) is 8.64. The Morgan fingerprint density at radius 1 is 0.966 bits per heavy atom. The van der Waals surface area contributed by atoms with E-state index in [2.05, 4.69) is 6.92 Å². The normalized spacial score (nSPS) is 18.5. The third-order valence-corrected chi connectivity index (χ3v) is 5.81. The number of carbonyl (C=O) groups is 2. The maximum Gasteiger partial charge on any atom is 0.295 e. The molecule has 1 unspecified atom stereocenters. The van der Waals surface area contributed by atoms with Gasteiger partial charge in [-0.15, -0.1) is 0 Å². The molecule has 3 rings (SSSR count).